The van der Waals surface area contributed by atoms with E-state index in [-0.39, 0.29) is 18.0 Å². The molecule has 9 nitrogen and oxygen atoms in total. The maximum absolute atomic E-state index is 12.6. The third kappa shape index (κ3) is 4.55. The van der Waals surface area contributed by atoms with Gasteiger partial charge >= 0.3 is 0 Å². The fourth-order valence-corrected chi connectivity index (χ4v) is 3.04. The lowest BCUT2D eigenvalue weighted by atomic mass is 10.1. The van der Waals surface area contributed by atoms with E-state index >= 15 is 0 Å². The van der Waals surface area contributed by atoms with E-state index < -0.39 is 0 Å². The van der Waals surface area contributed by atoms with Gasteiger partial charge in [-0.25, -0.2) is 4.98 Å². The molecule has 0 aliphatic heterocycles. The second-order valence-corrected chi connectivity index (χ2v) is 7.02. The lowest BCUT2D eigenvalue weighted by Crippen LogP contribution is -2.29. The van der Waals surface area contributed by atoms with Crippen molar-refractivity contribution in [2.45, 2.75) is 26.8 Å². The highest BCUT2D eigenvalue weighted by molar-refractivity contribution is 5.91. The van der Waals surface area contributed by atoms with Crippen LogP contribution in [-0.4, -0.2) is 30.6 Å². The lowest BCUT2D eigenvalue weighted by molar-refractivity contribution is -0.116. The van der Waals surface area contributed by atoms with E-state index in [0.717, 1.165) is 11.1 Å². The lowest BCUT2D eigenvalue weighted by Gasteiger charge is -2.11. The van der Waals surface area contributed by atoms with Gasteiger partial charge in [-0.15, -0.1) is 0 Å². The number of nitrogens with zero attached hydrogens (tertiary/aromatic N) is 5. The largest absolute Gasteiger partial charge is 0.339 e. The number of carbonyl (C=O) groups is 1. The number of benzene rings is 1. The van der Waals surface area contributed by atoms with Gasteiger partial charge in [0, 0.05) is 34.9 Å². The second-order valence-electron chi connectivity index (χ2n) is 7.02. The number of pyridine rings is 1. The van der Waals surface area contributed by atoms with Gasteiger partial charge in [0.15, 0.2) is 0 Å². The molecule has 1 amide bonds. The normalized spacial score (nSPS) is 10.8. The fraction of sp³-hybridized carbons (Fsp3) is 0.182. The van der Waals surface area contributed by atoms with Crippen LogP contribution in [-0.2, 0) is 17.8 Å². The Labute approximate surface area is 177 Å². The van der Waals surface area contributed by atoms with Gasteiger partial charge in [-0.3, -0.25) is 19.1 Å². The van der Waals surface area contributed by atoms with Gasteiger partial charge < -0.3 is 9.84 Å². The standard InChI is InChI=1S/C22H20N6O3/c1-14-15(2)24-13-28(22(14)30)12-19(29)25-18-6-4-3-5-17(18)11-20-26-21(27-31-20)16-7-9-23-10-8-16/h3-10,13H,11-12H2,1-2H3,(H,25,29). The number of anilines is 1. The zero-order valence-electron chi connectivity index (χ0n) is 17.1. The van der Waals surface area contributed by atoms with E-state index in [2.05, 4.69) is 25.4 Å². The molecule has 0 fully saturated rings. The zero-order valence-corrected chi connectivity index (χ0v) is 17.1. The highest BCUT2D eigenvalue weighted by atomic mass is 16.5. The summed E-state index contributed by atoms with van der Waals surface area (Å²) in [6.07, 6.45) is 5.05. The van der Waals surface area contributed by atoms with E-state index in [1.54, 1.807) is 44.4 Å². The van der Waals surface area contributed by atoms with Crippen LogP contribution in [0.1, 0.15) is 22.7 Å². The van der Waals surface area contributed by atoms with E-state index in [9.17, 15) is 9.59 Å². The number of aromatic nitrogens is 5. The molecular formula is C22H20N6O3. The molecule has 3 aromatic heterocycles. The van der Waals surface area contributed by atoms with Crippen molar-refractivity contribution >= 4 is 11.6 Å². The molecule has 31 heavy (non-hydrogen) atoms. The van der Waals surface area contributed by atoms with Crippen molar-refractivity contribution < 1.29 is 9.32 Å². The average molecular weight is 416 g/mol. The average Bonchev–Trinajstić information content (AvgIpc) is 3.25. The Bertz CT molecular complexity index is 1280. The van der Waals surface area contributed by atoms with Crippen LogP contribution in [0.15, 0.2) is 64.4 Å². The summed E-state index contributed by atoms with van der Waals surface area (Å²) in [6, 6.07) is 10.9. The third-order valence-corrected chi connectivity index (χ3v) is 4.87. The van der Waals surface area contributed by atoms with E-state index in [4.69, 9.17) is 4.52 Å². The van der Waals surface area contributed by atoms with Gasteiger partial charge in [-0.05, 0) is 37.6 Å². The molecule has 0 saturated heterocycles. The minimum absolute atomic E-state index is 0.131. The van der Waals surface area contributed by atoms with Crippen LogP contribution >= 0.6 is 0 Å². The Balaban J connectivity index is 1.49. The molecule has 0 atom stereocenters. The molecule has 1 N–H and O–H groups in total. The van der Waals surface area contributed by atoms with Crippen LogP contribution in [0, 0.1) is 13.8 Å². The van der Waals surface area contributed by atoms with Gasteiger partial charge in [-0.1, -0.05) is 23.4 Å². The first-order chi connectivity index (χ1) is 15.0. The fourth-order valence-electron chi connectivity index (χ4n) is 3.04. The molecule has 3 heterocycles. The monoisotopic (exact) mass is 416 g/mol. The predicted molar refractivity (Wildman–Crippen MR) is 113 cm³/mol. The molecule has 0 spiro atoms. The quantitative estimate of drug-likeness (QED) is 0.513. The molecule has 0 aliphatic carbocycles. The highest BCUT2D eigenvalue weighted by Crippen LogP contribution is 2.20. The first-order valence-electron chi connectivity index (χ1n) is 9.64. The third-order valence-electron chi connectivity index (χ3n) is 4.87. The molecule has 4 rings (SSSR count). The van der Waals surface area contributed by atoms with Gasteiger partial charge in [-0.2, -0.15) is 4.98 Å². The Hall–Kier alpha value is -4.14. The number of rotatable bonds is 6. The number of amides is 1. The van der Waals surface area contributed by atoms with Crippen LogP contribution in [0.5, 0.6) is 0 Å². The van der Waals surface area contributed by atoms with Gasteiger partial charge in [0.1, 0.15) is 6.54 Å². The Kier molecular flexibility index (Phi) is 5.65. The SMILES string of the molecule is Cc1ncn(CC(=O)Nc2ccccc2Cc2nc(-c3ccncc3)no2)c(=O)c1C. The van der Waals surface area contributed by atoms with Gasteiger partial charge in [0.2, 0.25) is 17.6 Å². The van der Waals surface area contributed by atoms with E-state index in [1.165, 1.54) is 10.9 Å². The maximum atomic E-state index is 12.6. The second kappa shape index (κ2) is 8.70. The number of aryl methyl sites for hydroxylation is 1. The molecule has 0 unspecified atom stereocenters. The molecule has 156 valence electrons. The summed E-state index contributed by atoms with van der Waals surface area (Å²) >= 11 is 0. The van der Waals surface area contributed by atoms with Crippen LogP contribution in [0.3, 0.4) is 0 Å². The van der Waals surface area contributed by atoms with Gasteiger partial charge in [0.05, 0.1) is 12.7 Å². The van der Waals surface area contributed by atoms with Crippen molar-refractivity contribution in [1.82, 2.24) is 24.7 Å². The van der Waals surface area contributed by atoms with E-state index in [1.807, 2.05) is 18.2 Å². The van der Waals surface area contributed by atoms with Crippen molar-refractivity contribution in [2.75, 3.05) is 5.32 Å². The van der Waals surface area contributed by atoms with E-state index in [0.29, 0.717) is 35.1 Å². The summed E-state index contributed by atoms with van der Waals surface area (Å²) in [7, 11) is 0. The molecule has 9 heteroatoms. The smallest absolute Gasteiger partial charge is 0.256 e. The first-order valence-corrected chi connectivity index (χ1v) is 9.64. The number of carbonyl (C=O) groups excluding carboxylic acids is 1. The minimum atomic E-state index is -0.331. The van der Waals surface area contributed by atoms with Crippen molar-refractivity contribution in [2.24, 2.45) is 0 Å². The molecule has 0 radical (unpaired) electrons. The molecule has 1 aromatic carbocycles. The Morgan fingerprint density at radius 3 is 2.71 bits per heavy atom. The van der Waals surface area contributed by atoms with Crippen molar-refractivity contribution in [3.63, 3.8) is 0 Å². The molecule has 0 saturated carbocycles. The number of nitrogens with one attached hydrogen (secondary N) is 1. The molecular weight excluding hydrogens is 396 g/mol. The number of hydrogen-bond acceptors (Lipinski definition) is 7. The van der Waals surface area contributed by atoms with Crippen LogP contribution < -0.4 is 10.9 Å². The van der Waals surface area contributed by atoms with Crippen LogP contribution in [0.2, 0.25) is 0 Å². The van der Waals surface area contributed by atoms with Crippen molar-refractivity contribution in [3.05, 3.63) is 88.2 Å². The predicted octanol–water partition coefficient (Wildman–Crippen LogP) is 2.53. The zero-order chi connectivity index (χ0) is 21.8. The maximum Gasteiger partial charge on any atom is 0.256 e. The van der Waals surface area contributed by atoms with Crippen LogP contribution in [0.25, 0.3) is 11.4 Å². The summed E-state index contributed by atoms with van der Waals surface area (Å²) in [5, 5.41) is 6.86. The number of hydrogen-bond donors (Lipinski definition) is 1. The Morgan fingerprint density at radius 1 is 1.13 bits per heavy atom. The minimum Gasteiger partial charge on any atom is -0.339 e. The Morgan fingerprint density at radius 2 is 1.90 bits per heavy atom. The topological polar surface area (TPSA) is 116 Å². The summed E-state index contributed by atoms with van der Waals surface area (Å²) < 4.78 is 6.66. The number of para-hydroxylation sites is 1. The molecule has 0 bridgehead atoms. The first kappa shape index (κ1) is 20.1. The summed E-state index contributed by atoms with van der Waals surface area (Å²) in [6.45, 7) is 3.32. The van der Waals surface area contributed by atoms with Crippen molar-refractivity contribution in [3.8, 4) is 11.4 Å². The summed E-state index contributed by atoms with van der Waals surface area (Å²) in [5.74, 6) is 0.561. The summed E-state index contributed by atoms with van der Waals surface area (Å²) in [5.41, 5.74) is 3.17. The highest BCUT2D eigenvalue weighted by Gasteiger charge is 2.14. The molecule has 4 aromatic rings. The van der Waals surface area contributed by atoms with Crippen LogP contribution in [0.4, 0.5) is 5.69 Å². The van der Waals surface area contributed by atoms with Gasteiger partial charge in [0.25, 0.3) is 5.56 Å². The molecule has 0 aliphatic rings. The summed E-state index contributed by atoms with van der Waals surface area (Å²) in [4.78, 5) is 37.4. The van der Waals surface area contributed by atoms with Crippen molar-refractivity contribution in [1.29, 1.82) is 0 Å².